The molecule has 0 unspecified atom stereocenters. The molecule has 1 aliphatic rings. The number of ketones is 1. The Kier molecular flexibility index (Phi) is 11.3. The summed E-state index contributed by atoms with van der Waals surface area (Å²) in [7, 11) is 3.93. The maximum atomic E-state index is 12.4. The van der Waals surface area contributed by atoms with Crippen molar-refractivity contribution in [2.24, 2.45) is 5.92 Å². The standard InChI is InChI=1S/C13H15ClN4OS.C10H21NS/c1-18(2)6-7-3-4-8(9(14)5-7)10(19)11-12(15)17-13(16)20-11;1-9(2)8-12-11-10-6-4-3-5-7-10/h3-5H,6,15H2,1-2H3,(H2,16,17);9-11H,3-8H2,1-2H3. The summed E-state index contributed by atoms with van der Waals surface area (Å²) in [6.45, 7) is 5.30. The minimum absolute atomic E-state index is 0.144. The molecule has 9 heteroatoms. The first-order valence-electron chi connectivity index (χ1n) is 11.0. The third kappa shape index (κ3) is 8.90. The second-order valence-electron chi connectivity index (χ2n) is 8.81. The summed E-state index contributed by atoms with van der Waals surface area (Å²) in [4.78, 5) is 18.6. The van der Waals surface area contributed by atoms with Gasteiger partial charge in [0.25, 0.3) is 0 Å². The van der Waals surface area contributed by atoms with Crippen LogP contribution in [0.2, 0.25) is 5.02 Å². The van der Waals surface area contributed by atoms with E-state index >= 15 is 0 Å². The van der Waals surface area contributed by atoms with E-state index in [0.717, 1.165) is 35.4 Å². The number of anilines is 2. The van der Waals surface area contributed by atoms with Gasteiger partial charge in [-0.05, 0) is 50.6 Å². The molecule has 0 aliphatic heterocycles. The van der Waals surface area contributed by atoms with Crippen molar-refractivity contribution < 1.29 is 4.79 Å². The molecular weight excluding hydrogens is 462 g/mol. The normalized spacial score (nSPS) is 14.5. The van der Waals surface area contributed by atoms with Crippen LogP contribution >= 0.6 is 34.9 Å². The Morgan fingerprint density at radius 1 is 1.28 bits per heavy atom. The molecule has 0 atom stereocenters. The van der Waals surface area contributed by atoms with Crippen molar-refractivity contribution >= 4 is 51.6 Å². The Balaban J connectivity index is 0.000000258. The highest BCUT2D eigenvalue weighted by molar-refractivity contribution is 7.97. The van der Waals surface area contributed by atoms with Crippen molar-refractivity contribution in [3.05, 3.63) is 39.2 Å². The number of hydrogen-bond acceptors (Lipinski definition) is 8. The molecule has 1 aliphatic carbocycles. The third-order valence-corrected chi connectivity index (χ3v) is 7.47. The van der Waals surface area contributed by atoms with Crippen molar-refractivity contribution in [2.45, 2.75) is 58.5 Å². The minimum atomic E-state index is -0.252. The summed E-state index contributed by atoms with van der Waals surface area (Å²) in [6, 6.07) is 6.18. The lowest BCUT2D eigenvalue weighted by Crippen LogP contribution is -2.26. The van der Waals surface area contributed by atoms with Gasteiger partial charge in [0.2, 0.25) is 5.78 Å². The molecule has 178 valence electrons. The highest BCUT2D eigenvalue weighted by Crippen LogP contribution is 2.28. The van der Waals surface area contributed by atoms with Crippen LogP contribution in [0.4, 0.5) is 10.9 Å². The quantitative estimate of drug-likeness (QED) is 0.328. The molecule has 6 nitrogen and oxygen atoms in total. The summed E-state index contributed by atoms with van der Waals surface area (Å²) in [5.41, 5.74) is 12.7. The van der Waals surface area contributed by atoms with E-state index in [-0.39, 0.29) is 16.7 Å². The fourth-order valence-electron chi connectivity index (χ4n) is 3.39. The predicted octanol–water partition coefficient (Wildman–Crippen LogP) is 5.47. The molecule has 0 saturated heterocycles. The summed E-state index contributed by atoms with van der Waals surface area (Å²) in [5.74, 6) is 1.95. The van der Waals surface area contributed by atoms with E-state index in [9.17, 15) is 4.79 Å². The number of carbonyl (C=O) groups excluding carboxylic acids is 1. The van der Waals surface area contributed by atoms with Crippen molar-refractivity contribution in [1.29, 1.82) is 0 Å². The molecule has 0 amide bonds. The lowest BCUT2D eigenvalue weighted by Gasteiger charge is -2.22. The number of aromatic nitrogens is 1. The van der Waals surface area contributed by atoms with Gasteiger partial charge in [-0.15, -0.1) is 0 Å². The number of nitrogens with two attached hydrogens (primary N) is 2. The van der Waals surface area contributed by atoms with Crippen LogP contribution in [0.15, 0.2) is 18.2 Å². The van der Waals surface area contributed by atoms with Crippen LogP contribution in [-0.2, 0) is 6.54 Å². The lowest BCUT2D eigenvalue weighted by molar-refractivity contribution is 0.104. The number of benzene rings is 1. The zero-order valence-electron chi connectivity index (χ0n) is 19.5. The summed E-state index contributed by atoms with van der Waals surface area (Å²) < 4.78 is 3.57. The molecule has 1 aromatic heterocycles. The molecule has 0 spiro atoms. The van der Waals surface area contributed by atoms with Crippen molar-refractivity contribution in [1.82, 2.24) is 14.6 Å². The summed E-state index contributed by atoms with van der Waals surface area (Å²) in [5, 5.41) is 0.673. The second kappa shape index (κ2) is 13.4. The Bertz CT molecular complexity index is 866. The molecule has 32 heavy (non-hydrogen) atoms. The number of nitrogen functional groups attached to an aromatic ring is 2. The Hall–Kier alpha value is -1.32. The third-order valence-electron chi connectivity index (χ3n) is 4.92. The number of rotatable bonds is 8. The van der Waals surface area contributed by atoms with Gasteiger partial charge in [0.1, 0.15) is 10.7 Å². The molecule has 1 heterocycles. The SMILES string of the molecule is CC(C)CSNC1CCCCC1.CN(C)Cc1ccc(C(=O)c2sc(N)nc2N)c(Cl)c1. The van der Waals surface area contributed by atoms with Crippen molar-refractivity contribution in [3.63, 3.8) is 0 Å². The summed E-state index contributed by atoms with van der Waals surface area (Å²) in [6.07, 6.45) is 7.10. The zero-order valence-corrected chi connectivity index (χ0v) is 21.9. The topological polar surface area (TPSA) is 97.3 Å². The Morgan fingerprint density at radius 2 is 1.97 bits per heavy atom. The van der Waals surface area contributed by atoms with E-state index in [0.29, 0.717) is 15.5 Å². The van der Waals surface area contributed by atoms with E-state index in [2.05, 4.69) is 23.6 Å². The van der Waals surface area contributed by atoms with Crippen LogP contribution in [0.1, 0.15) is 66.8 Å². The van der Waals surface area contributed by atoms with Gasteiger partial charge >= 0.3 is 0 Å². The first-order valence-corrected chi connectivity index (χ1v) is 13.2. The van der Waals surface area contributed by atoms with Crippen LogP contribution < -0.4 is 16.2 Å². The summed E-state index contributed by atoms with van der Waals surface area (Å²) >= 11 is 9.17. The lowest BCUT2D eigenvalue weighted by atomic mass is 9.96. The van der Waals surface area contributed by atoms with Gasteiger partial charge in [0.15, 0.2) is 5.13 Å². The van der Waals surface area contributed by atoms with Crippen LogP contribution in [0, 0.1) is 5.92 Å². The number of halogens is 1. The van der Waals surface area contributed by atoms with Crippen LogP contribution in [0.3, 0.4) is 0 Å². The number of carbonyl (C=O) groups is 1. The number of nitrogens with zero attached hydrogens (tertiary/aromatic N) is 2. The maximum absolute atomic E-state index is 12.4. The van der Waals surface area contributed by atoms with E-state index in [4.69, 9.17) is 23.1 Å². The molecule has 3 rings (SSSR count). The average molecular weight is 498 g/mol. The maximum Gasteiger partial charge on any atom is 0.208 e. The van der Waals surface area contributed by atoms with Gasteiger partial charge in [-0.2, -0.15) is 0 Å². The molecule has 0 bridgehead atoms. The first-order chi connectivity index (χ1) is 15.2. The molecular formula is C23H36ClN5OS2. The largest absolute Gasteiger partial charge is 0.382 e. The molecule has 2 aromatic rings. The van der Waals surface area contributed by atoms with Crippen LogP contribution in [0.5, 0.6) is 0 Å². The van der Waals surface area contributed by atoms with E-state index < -0.39 is 0 Å². The molecule has 1 aromatic carbocycles. The van der Waals surface area contributed by atoms with E-state index in [1.54, 1.807) is 12.1 Å². The van der Waals surface area contributed by atoms with Crippen molar-refractivity contribution in [2.75, 3.05) is 31.3 Å². The van der Waals surface area contributed by atoms with Gasteiger partial charge in [-0.1, -0.05) is 74.1 Å². The highest BCUT2D eigenvalue weighted by Gasteiger charge is 2.19. The van der Waals surface area contributed by atoms with Gasteiger partial charge in [-0.3, -0.25) is 9.52 Å². The Morgan fingerprint density at radius 3 is 2.50 bits per heavy atom. The highest BCUT2D eigenvalue weighted by atomic mass is 35.5. The fourth-order valence-corrected chi connectivity index (χ4v) is 5.29. The zero-order chi connectivity index (χ0) is 23.7. The van der Waals surface area contributed by atoms with Crippen LogP contribution in [0.25, 0.3) is 0 Å². The van der Waals surface area contributed by atoms with Crippen molar-refractivity contribution in [3.8, 4) is 0 Å². The molecule has 0 radical (unpaired) electrons. The minimum Gasteiger partial charge on any atom is -0.382 e. The fraction of sp³-hybridized carbons (Fsp3) is 0.565. The van der Waals surface area contributed by atoms with Crippen LogP contribution in [-0.4, -0.2) is 41.6 Å². The average Bonchev–Trinajstić information content (AvgIpc) is 3.06. The molecule has 1 saturated carbocycles. The van der Waals surface area contributed by atoms with Gasteiger partial charge in [0.05, 0.1) is 5.02 Å². The number of hydrogen-bond donors (Lipinski definition) is 3. The number of nitrogens with one attached hydrogen (secondary N) is 1. The van der Waals surface area contributed by atoms with Gasteiger partial charge < -0.3 is 16.4 Å². The van der Waals surface area contributed by atoms with E-state index in [1.165, 1.54) is 37.9 Å². The smallest absolute Gasteiger partial charge is 0.208 e. The first kappa shape index (κ1) is 26.9. The second-order valence-corrected chi connectivity index (χ2v) is 11.1. The number of thiazole rings is 1. The molecule has 5 N–H and O–H groups in total. The Labute approximate surface area is 205 Å². The van der Waals surface area contributed by atoms with E-state index in [1.807, 2.05) is 37.0 Å². The monoisotopic (exact) mass is 497 g/mol. The molecule has 1 fully saturated rings. The van der Waals surface area contributed by atoms with Gasteiger partial charge in [-0.25, -0.2) is 4.98 Å². The van der Waals surface area contributed by atoms with Gasteiger partial charge in [0, 0.05) is 23.9 Å². The predicted molar refractivity (Wildman–Crippen MR) is 141 cm³/mol.